The van der Waals surface area contributed by atoms with Crippen LogP contribution in [-0.2, 0) is 10.0 Å². The SMILES string of the molecule is CC(C)(C)CNS(=O)(=O)c1cc(N)c(F)cc1Br. The number of sulfonamides is 1. The number of rotatable bonds is 3. The quantitative estimate of drug-likeness (QED) is 0.831. The van der Waals surface area contributed by atoms with Gasteiger partial charge in [0.1, 0.15) is 5.82 Å². The van der Waals surface area contributed by atoms with Gasteiger partial charge in [-0.15, -0.1) is 0 Å². The summed E-state index contributed by atoms with van der Waals surface area (Å²) in [5.74, 6) is -0.656. The summed E-state index contributed by atoms with van der Waals surface area (Å²) in [6.45, 7) is 6.00. The first kappa shape index (κ1) is 15.4. The third kappa shape index (κ3) is 3.93. The molecule has 0 fully saturated rings. The summed E-state index contributed by atoms with van der Waals surface area (Å²) in [4.78, 5) is -0.0642. The highest BCUT2D eigenvalue weighted by atomic mass is 79.9. The number of nitrogens with one attached hydrogen (secondary N) is 1. The minimum Gasteiger partial charge on any atom is -0.396 e. The Hall–Kier alpha value is -0.660. The standard InChI is InChI=1S/C11H16BrFN2O2S/c1-11(2,3)6-15-18(16,17)10-5-9(14)8(13)4-7(10)12/h4-5,15H,6,14H2,1-3H3. The highest BCUT2D eigenvalue weighted by Crippen LogP contribution is 2.27. The number of anilines is 1. The van der Waals surface area contributed by atoms with Crippen LogP contribution in [0.3, 0.4) is 0 Å². The average molecular weight is 339 g/mol. The number of nitrogen functional groups attached to an aromatic ring is 1. The Morgan fingerprint density at radius 2 is 1.94 bits per heavy atom. The maximum absolute atomic E-state index is 13.2. The molecular weight excluding hydrogens is 323 g/mol. The monoisotopic (exact) mass is 338 g/mol. The minimum absolute atomic E-state index is 0.0642. The fraction of sp³-hybridized carbons (Fsp3) is 0.455. The van der Waals surface area contributed by atoms with E-state index in [1.54, 1.807) is 0 Å². The Balaban J connectivity index is 3.10. The third-order valence-electron chi connectivity index (χ3n) is 2.13. The van der Waals surface area contributed by atoms with Gasteiger partial charge in [0.2, 0.25) is 10.0 Å². The summed E-state index contributed by atoms with van der Waals surface area (Å²) in [6.07, 6.45) is 0. The van der Waals surface area contributed by atoms with Gasteiger partial charge < -0.3 is 5.73 Å². The van der Waals surface area contributed by atoms with E-state index in [2.05, 4.69) is 20.7 Å². The fourth-order valence-electron chi connectivity index (χ4n) is 1.14. The molecule has 0 amide bonds. The van der Waals surface area contributed by atoms with E-state index < -0.39 is 15.8 Å². The predicted molar refractivity (Wildman–Crippen MR) is 73.2 cm³/mol. The summed E-state index contributed by atoms with van der Waals surface area (Å²) in [5.41, 5.74) is 4.99. The number of nitrogens with two attached hydrogens (primary N) is 1. The normalized spacial score (nSPS) is 12.7. The summed E-state index contributed by atoms with van der Waals surface area (Å²) >= 11 is 3.02. The molecule has 0 aliphatic carbocycles. The Bertz CT molecular complexity index is 553. The molecule has 102 valence electrons. The van der Waals surface area contributed by atoms with Gasteiger partial charge in [-0.1, -0.05) is 20.8 Å². The first-order chi connectivity index (χ1) is 8.03. The molecule has 0 bridgehead atoms. The van der Waals surface area contributed by atoms with E-state index in [-0.39, 0.29) is 27.0 Å². The maximum atomic E-state index is 13.2. The zero-order valence-corrected chi connectivity index (χ0v) is 12.8. The van der Waals surface area contributed by atoms with Crippen LogP contribution in [0.1, 0.15) is 20.8 Å². The molecule has 0 spiro atoms. The van der Waals surface area contributed by atoms with Crippen molar-refractivity contribution in [3.63, 3.8) is 0 Å². The van der Waals surface area contributed by atoms with Crippen molar-refractivity contribution in [1.82, 2.24) is 4.72 Å². The van der Waals surface area contributed by atoms with E-state index >= 15 is 0 Å². The molecule has 1 aromatic carbocycles. The van der Waals surface area contributed by atoms with Gasteiger partial charge in [-0.25, -0.2) is 17.5 Å². The van der Waals surface area contributed by atoms with Gasteiger partial charge in [0.05, 0.1) is 10.6 Å². The number of halogens is 2. The van der Waals surface area contributed by atoms with E-state index in [0.29, 0.717) is 0 Å². The van der Waals surface area contributed by atoms with Crippen LogP contribution in [0.5, 0.6) is 0 Å². The second-order valence-corrected chi connectivity index (χ2v) is 7.78. The van der Waals surface area contributed by atoms with Crippen LogP contribution in [0.4, 0.5) is 10.1 Å². The van der Waals surface area contributed by atoms with Crippen molar-refractivity contribution in [2.75, 3.05) is 12.3 Å². The van der Waals surface area contributed by atoms with Crippen LogP contribution in [0.15, 0.2) is 21.5 Å². The molecule has 0 heterocycles. The average Bonchev–Trinajstić information content (AvgIpc) is 2.19. The topological polar surface area (TPSA) is 72.2 Å². The maximum Gasteiger partial charge on any atom is 0.241 e. The highest BCUT2D eigenvalue weighted by molar-refractivity contribution is 9.10. The zero-order valence-electron chi connectivity index (χ0n) is 10.4. The van der Waals surface area contributed by atoms with E-state index in [0.717, 1.165) is 12.1 Å². The van der Waals surface area contributed by atoms with Crippen molar-refractivity contribution in [3.8, 4) is 0 Å². The largest absolute Gasteiger partial charge is 0.396 e. The van der Waals surface area contributed by atoms with Crippen molar-refractivity contribution >= 4 is 31.6 Å². The molecule has 4 nitrogen and oxygen atoms in total. The number of benzene rings is 1. The van der Waals surface area contributed by atoms with Gasteiger partial charge in [0, 0.05) is 11.0 Å². The van der Waals surface area contributed by atoms with E-state index in [1.165, 1.54) is 0 Å². The van der Waals surface area contributed by atoms with E-state index in [9.17, 15) is 12.8 Å². The third-order valence-corrected chi connectivity index (χ3v) is 4.49. The van der Waals surface area contributed by atoms with Gasteiger partial charge in [0.15, 0.2) is 0 Å². The molecule has 18 heavy (non-hydrogen) atoms. The molecule has 0 aromatic heterocycles. The van der Waals surface area contributed by atoms with E-state index in [1.807, 2.05) is 20.8 Å². The highest BCUT2D eigenvalue weighted by Gasteiger charge is 2.22. The number of hydrogen-bond donors (Lipinski definition) is 2. The van der Waals surface area contributed by atoms with Crippen LogP contribution in [0, 0.1) is 11.2 Å². The van der Waals surface area contributed by atoms with Crippen molar-refractivity contribution in [2.45, 2.75) is 25.7 Å². The Labute approximate surface area is 115 Å². The van der Waals surface area contributed by atoms with E-state index in [4.69, 9.17) is 5.73 Å². The van der Waals surface area contributed by atoms with Crippen molar-refractivity contribution in [3.05, 3.63) is 22.4 Å². The van der Waals surface area contributed by atoms with Crippen LogP contribution >= 0.6 is 15.9 Å². The lowest BCUT2D eigenvalue weighted by Gasteiger charge is -2.19. The molecule has 1 aromatic rings. The molecule has 0 aliphatic heterocycles. The minimum atomic E-state index is -3.71. The summed E-state index contributed by atoms with van der Waals surface area (Å²) in [5, 5.41) is 0. The van der Waals surface area contributed by atoms with Crippen LogP contribution < -0.4 is 10.5 Å². The molecule has 3 N–H and O–H groups in total. The lowest BCUT2D eigenvalue weighted by molar-refractivity contribution is 0.407. The molecule has 0 radical (unpaired) electrons. The van der Waals surface area contributed by atoms with Crippen molar-refractivity contribution in [2.24, 2.45) is 5.41 Å². The first-order valence-corrected chi connectivity index (χ1v) is 7.55. The molecular formula is C11H16BrFN2O2S. The van der Waals surface area contributed by atoms with Crippen LogP contribution in [-0.4, -0.2) is 15.0 Å². The smallest absolute Gasteiger partial charge is 0.241 e. The van der Waals surface area contributed by atoms with Crippen molar-refractivity contribution < 1.29 is 12.8 Å². The molecule has 0 unspecified atom stereocenters. The Morgan fingerprint density at radius 1 is 1.39 bits per heavy atom. The van der Waals surface area contributed by atoms with Gasteiger partial charge in [-0.3, -0.25) is 0 Å². The van der Waals surface area contributed by atoms with Crippen LogP contribution in [0.25, 0.3) is 0 Å². The van der Waals surface area contributed by atoms with Gasteiger partial charge in [-0.05, 0) is 33.5 Å². The molecule has 0 saturated heterocycles. The van der Waals surface area contributed by atoms with Crippen LogP contribution in [0.2, 0.25) is 0 Å². The van der Waals surface area contributed by atoms with Gasteiger partial charge in [-0.2, -0.15) is 0 Å². The number of hydrogen-bond acceptors (Lipinski definition) is 3. The molecule has 0 saturated carbocycles. The second-order valence-electron chi connectivity index (χ2n) is 5.19. The molecule has 7 heteroatoms. The van der Waals surface area contributed by atoms with Gasteiger partial charge >= 0.3 is 0 Å². The van der Waals surface area contributed by atoms with Gasteiger partial charge in [0.25, 0.3) is 0 Å². The summed E-state index contributed by atoms with van der Waals surface area (Å²) < 4.78 is 39.9. The predicted octanol–water partition coefficient (Wildman–Crippen LogP) is 2.49. The molecule has 1 rings (SSSR count). The van der Waals surface area contributed by atoms with Crippen molar-refractivity contribution in [1.29, 1.82) is 0 Å². The lowest BCUT2D eigenvalue weighted by atomic mass is 9.98. The summed E-state index contributed by atoms with van der Waals surface area (Å²) in [7, 11) is -3.71. The Morgan fingerprint density at radius 3 is 2.44 bits per heavy atom. The summed E-state index contributed by atoms with van der Waals surface area (Å²) in [6, 6.07) is 2.14. The Kier molecular flexibility index (Phi) is 4.40. The fourth-order valence-corrected chi connectivity index (χ4v) is 3.47. The molecule has 0 atom stereocenters. The zero-order chi connectivity index (χ0) is 14.1. The lowest BCUT2D eigenvalue weighted by Crippen LogP contribution is -2.32. The first-order valence-electron chi connectivity index (χ1n) is 5.27. The molecule has 0 aliphatic rings. The second kappa shape index (κ2) is 5.14.